The molecule has 2 rings (SSSR count). The Hall–Kier alpha value is -1.73. The number of rotatable bonds is 5. The molecule has 1 heterocycles. The van der Waals surface area contributed by atoms with Crippen molar-refractivity contribution in [3.63, 3.8) is 0 Å². The summed E-state index contributed by atoms with van der Waals surface area (Å²) in [6.07, 6.45) is 3.00. The summed E-state index contributed by atoms with van der Waals surface area (Å²) in [5.41, 5.74) is 2.57. The van der Waals surface area contributed by atoms with Gasteiger partial charge in [-0.25, -0.2) is 22.8 Å². The van der Waals surface area contributed by atoms with E-state index in [2.05, 4.69) is 14.8 Å². The molecule has 0 saturated carbocycles. The molecule has 0 bridgehead atoms. The summed E-state index contributed by atoms with van der Waals surface area (Å²) in [6.45, 7) is 7.73. The Kier molecular flexibility index (Phi) is 4.43. The third-order valence-electron chi connectivity index (χ3n) is 3.33. The maximum absolute atomic E-state index is 12.5. The fraction of sp³-hybridized carbons (Fsp3) is 0.429. The van der Waals surface area contributed by atoms with Gasteiger partial charge in [-0.05, 0) is 38.8 Å². The van der Waals surface area contributed by atoms with Crippen LogP contribution in [0.2, 0.25) is 0 Å². The number of hydrogen-bond donors (Lipinski definition) is 1. The molecule has 1 aromatic carbocycles. The van der Waals surface area contributed by atoms with Crippen molar-refractivity contribution in [3.8, 4) is 0 Å². The second-order valence-corrected chi connectivity index (χ2v) is 7.01. The number of hydrogen-bond acceptors (Lipinski definition) is 4. The molecule has 0 fully saturated rings. The average molecular weight is 308 g/mol. The smallest absolute Gasteiger partial charge is 0.241 e. The van der Waals surface area contributed by atoms with Crippen LogP contribution in [0.1, 0.15) is 29.7 Å². The average Bonchev–Trinajstić information content (AvgIpc) is 2.88. The maximum atomic E-state index is 12.5. The summed E-state index contributed by atoms with van der Waals surface area (Å²) in [5.74, 6) is 0. The molecule has 1 unspecified atom stereocenters. The molecule has 0 saturated heterocycles. The third kappa shape index (κ3) is 3.48. The van der Waals surface area contributed by atoms with Crippen LogP contribution in [0.25, 0.3) is 0 Å². The Morgan fingerprint density at radius 1 is 1.24 bits per heavy atom. The molecule has 2 aromatic rings. The summed E-state index contributed by atoms with van der Waals surface area (Å²) in [6, 6.07) is 3.65. The fourth-order valence-corrected chi connectivity index (χ4v) is 4.00. The second-order valence-electron chi connectivity index (χ2n) is 5.30. The Labute approximate surface area is 125 Å². The second kappa shape index (κ2) is 5.95. The zero-order chi connectivity index (χ0) is 15.6. The first-order valence-electron chi connectivity index (χ1n) is 6.73. The first kappa shape index (κ1) is 15.7. The van der Waals surface area contributed by atoms with Gasteiger partial charge < -0.3 is 0 Å². The first-order valence-corrected chi connectivity index (χ1v) is 8.21. The number of benzene rings is 1. The monoisotopic (exact) mass is 308 g/mol. The van der Waals surface area contributed by atoms with Gasteiger partial charge in [0.25, 0.3) is 0 Å². The molecule has 0 radical (unpaired) electrons. The van der Waals surface area contributed by atoms with Crippen molar-refractivity contribution in [2.75, 3.05) is 6.54 Å². The Balaban J connectivity index is 2.20. The Morgan fingerprint density at radius 3 is 2.38 bits per heavy atom. The van der Waals surface area contributed by atoms with E-state index in [1.54, 1.807) is 11.0 Å². The van der Waals surface area contributed by atoms with E-state index in [1.807, 2.05) is 39.8 Å². The Bertz CT molecular complexity index is 700. The van der Waals surface area contributed by atoms with Gasteiger partial charge in [0.15, 0.2) is 0 Å². The van der Waals surface area contributed by atoms with Gasteiger partial charge in [-0.2, -0.15) is 5.10 Å². The molecule has 6 nitrogen and oxygen atoms in total. The lowest BCUT2D eigenvalue weighted by atomic mass is 10.1. The van der Waals surface area contributed by atoms with Crippen molar-refractivity contribution in [2.45, 2.75) is 38.6 Å². The molecule has 114 valence electrons. The van der Waals surface area contributed by atoms with Gasteiger partial charge >= 0.3 is 0 Å². The molecule has 0 aliphatic heterocycles. The molecule has 0 aliphatic rings. The lowest BCUT2D eigenvalue weighted by Gasteiger charge is -2.16. The van der Waals surface area contributed by atoms with Crippen molar-refractivity contribution in [1.29, 1.82) is 0 Å². The van der Waals surface area contributed by atoms with Crippen LogP contribution >= 0.6 is 0 Å². The van der Waals surface area contributed by atoms with E-state index in [0.717, 1.165) is 16.7 Å². The highest BCUT2D eigenvalue weighted by molar-refractivity contribution is 7.89. The summed E-state index contributed by atoms with van der Waals surface area (Å²) in [7, 11) is -3.54. The molecular formula is C14H20N4O2S. The zero-order valence-corrected chi connectivity index (χ0v) is 13.5. The molecule has 1 aromatic heterocycles. The number of nitrogens with one attached hydrogen (secondary N) is 1. The van der Waals surface area contributed by atoms with Crippen LogP contribution < -0.4 is 4.72 Å². The van der Waals surface area contributed by atoms with Gasteiger partial charge in [-0.15, -0.1) is 0 Å². The normalized spacial score (nSPS) is 13.3. The van der Waals surface area contributed by atoms with Crippen LogP contribution in [0.4, 0.5) is 0 Å². The lowest BCUT2D eigenvalue weighted by molar-refractivity contribution is 0.477. The van der Waals surface area contributed by atoms with E-state index in [0.29, 0.717) is 4.90 Å². The van der Waals surface area contributed by atoms with Crippen LogP contribution in [-0.4, -0.2) is 29.7 Å². The molecule has 0 amide bonds. The van der Waals surface area contributed by atoms with E-state index in [1.165, 1.54) is 6.33 Å². The van der Waals surface area contributed by atoms with Crippen molar-refractivity contribution in [1.82, 2.24) is 19.5 Å². The molecule has 0 aliphatic carbocycles. The minimum atomic E-state index is -3.54. The van der Waals surface area contributed by atoms with Crippen LogP contribution in [0.3, 0.4) is 0 Å². The van der Waals surface area contributed by atoms with Gasteiger partial charge in [0, 0.05) is 6.54 Å². The SMILES string of the molecule is Cc1cc(C)c(S(=O)(=O)NCC(C)n2cncn2)c(C)c1. The molecule has 1 atom stereocenters. The minimum absolute atomic E-state index is 0.103. The predicted octanol–water partition coefficient (Wildman–Crippen LogP) is 1.74. The van der Waals surface area contributed by atoms with E-state index in [-0.39, 0.29) is 12.6 Å². The van der Waals surface area contributed by atoms with Crippen LogP contribution in [0, 0.1) is 20.8 Å². The van der Waals surface area contributed by atoms with E-state index in [9.17, 15) is 8.42 Å². The Morgan fingerprint density at radius 2 is 1.86 bits per heavy atom. The van der Waals surface area contributed by atoms with Gasteiger partial charge in [-0.3, -0.25) is 0 Å². The molecule has 1 N–H and O–H groups in total. The third-order valence-corrected chi connectivity index (χ3v) is 5.06. The van der Waals surface area contributed by atoms with Gasteiger partial charge in [0.2, 0.25) is 10.0 Å². The largest absolute Gasteiger partial charge is 0.249 e. The molecule has 7 heteroatoms. The maximum Gasteiger partial charge on any atom is 0.241 e. The van der Waals surface area contributed by atoms with E-state index >= 15 is 0 Å². The van der Waals surface area contributed by atoms with Crippen molar-refractivity contribution >= 4 is 10.0 Å². The first-order chi connectivity index (χ1) is 9.81. The molecule has 0 spiro atoms. The summed E-state index contributed by atoms with van der Waals surface area (Å²) in [4.78, 5) is 4.22. The minimum Gasteiger partial charge on any atom is -0.249 e. The molecular weight excluding hydrogens is 288 g/mol. The van der Waals surface area contributed by atoms with Crippen molar-refractivity contribution in [2.24, 2.45) is 0 Å². The van der Waals surface area contributed by atoms with Gasteiger partial charge in [0.05, 0.1) is 10.9 Å². The van der Waals surface area contributed by atoms with Crippen LogP contribution in [0.15, 0.2) is 29.7 Å². The van der Waals surface area contributed by atoms with Crippen molar-refractivity contribution < 1.29 is 8.42 Å². The quantitative estimate of drug-likeness (QED) is 0.913. The predicted molar refractivity (Wildman–Crippen MR) is 80.6 cm³/mol. The van der Waals surface area contributed by atoms with Gasteiger partial charge in [0.1, 0.15) is 12.7 Å². The highest BCUT2D eigenvalue weighted by Gasteiger charge is 2.20. The topological polar surface area (TPSA) is 76.9 Å². The number of aromatic nitrogens is 3. The standard InChI is InChI=1S/C14H20N4O2S/c1-10-5-11(2)14(12(3)6-10)21(19,20)17-7-13(4)18-9-15-8-16-18/h5-6,8-9,13,17H,7H2,1-4H3. The lowest BCUT2D eigenvalue weighted by Crippen LogP contribution is -2.30. The van der Waals surface area contributed by atoms with Gasteiger partial charge in [-0.1, -0.05) is 17.7 Å². The molecule has 21 heavy (non-hydrogen) atoms. The van der Waals surface area contributed by atoms with Crippen LogP contribution in [0.5, 0.6) is 0 Å². The van der Waals surface area contributed by atoms with Crippen LogP contribution in [-0.2, 0) is 10.0 Å². The zero-order valence-electron chi connectivity index (χ0n) is 12.7. The highest BCUT2D eigenvalue weighted by Crippen LogP contribution is 2.21. The van der Waals surface area contributed by atoms with Crippen molar-refractivity contribution in [3.05, 3.63) is 41.5 Å². The fourth-order valence-electron chi connectivity index (χ4n) is 2.43. The summed E-state index contributed by atoms with van der Waals surface area (Å²) >= 11 is 0. The van der Waals surface area contributed by atoms with E-state index in [4.69, 9.17) is 0 Å². The summed E-state index contributed by atoms with van der Waals surface area (Å²) in [5, 5.41) is 4.01. The number of aryl methyl sites for hydroxylation is 3. The number of sulfonamides is 1. The summed E-state index contributed by atoms with van der Waals surface area (Å²) < 4.78 is 29.3. The number of nitrogens with zero attached hydrogens (tertiary/aromatic N) is 3. The van der Waals surface area contributed by atoms with E-state index < -0.39 is 10.0 Å². The highest BCUT2D eigenvalue weighted by atomic mass is 32.2.